The fourth-order valence-electron chi connectivity index (χ4n) is 1.98. The smallest absolute Gasteiger partial charge is 0.174 e. The minimum atomic E-state index is 0.368. The maximum absolute atomic E-state index is 5.93. The van der Waals surface area contributed by atoms with Crippen LogP contribution < -0.4 is 5.32 Å². The van der Waals surface area contributed by atoms with Crippen molar-refractivity contribution < 1.29 is 0 Å². The second-order valence-corrected chi connectivity index (χ2v) is 5.22. The van der Waals surface area contributed by atoms with Crippen molar-refractivity contribution in [1.82, 2.24) is 10.2 Å². The van der Waals surface area contributed by atoms with Crippen LogP contribution in [-0.2, 0) is 0 Å². The Morgan fingerprint density at radius 1 is 1.38 bits per heavy atom. The normalized spacial score (nSPS) is 17.2. The molecule has 1 aromatic heterocycles. The standard InChI is InChI=1S/C11H15Cl2N3/c1-2-3-11(4-5-11)7-14-8-6-9(12)15-16-10(8)13/h6H,2-5,7H2,1H3,(H,14,15). The third-order valence-corrected chi connectivity index (χ3v) is 3.57. The van der Waals surface area contributed by atoms with Crippen molar-refractivity contribution in [3.8, 4) is 0 Å². The second-order valence-electron chi connectivity index (χ2n) is 4.48. The molecule has 1 saturated carbocycles. The van der Waals surface area contributed by atoms with Crippen LogP contribution in [0.2, 0.25) is 10.3 Å². The lowest BCUT2D eigenvalue weighted by Gasteiger charge is -2.16. The van der Waals surface area contributed by atoms with Crippen LogP contribution in [0, 0.1) is 5.41 Å². The van der Waals surface area contributed by atoms with Crippen molar-refractivity contribution in [3.05, 3.63) is 16.4 Å². The lowest BCUT2D eigenvalue weighted by molar-refractivity contribution is 0.485. The number of nitrogens with zero attached hydrogens (tertiary/aromatic N) is 2. The van der Waals surface area contributed by atoms with Gasteiger partial charge in [-0.2, -0.15) is 0 Å². The van der Waals surface area contributed by atoms with Crippen LogP contribution in [0.4, 0.5) is 5.69 Å². The maximum atomic E-state index is 5.93. The molecule has 1 N–H and O–H groups in total. The fourth-order valence-corrected chi connectivity index (χ4v) is 2.29. The van der Waals surface area contributed by atoms with Gasteiger partial charge in [0.1, 0.15) is 0 Å². The average Bonchev–Trinajstić information content (AvgIpc) is 3.01. The van der Waals surface area contributed by atoms with E-state index in [0.717, 1.165) is 12.2 Å². The highest BCUT2D eigenvalue weighted by Gasteiger charge is 2.41. The van der Waals surface area contributed by atoms with Gasteiger partial charge in [-0.3, -0.25) is 0 Å². The van der Waals surface area contributed by atoms with Crippen molar-refractivity contribution in [2.24, 2.45) is 5.41 Å². The van der Waals surface area contributed by atoms with Gasteiger partial charge in [0.05, 0.1) is 5.69 Å². The summed E-state index contributed by atoms with van der Waals surface area (Å²) in [6, 6.07) is 1.72. The van der Waals surface area contributed by atoms with Gasteiger partial charge in [-0.15, -0.1) is 10.2 Å². The summed E-state index contributed by atoms with van der Waals surface area (Å²) in [5, 5.41) is 11.5. The molecule has 1 aliphatic rings. The molecule has 3 nitrogen and oxygen atoms in total. The lowest BCUT2D eigenvalue weighted by atomic mass is 10.0. The molecule has 16 heavy (non-hydrogen) atoms. The molecule has 0 aromatic carbocycles. The molecule has 0 atom stereocenters. The third kappa shape index (κ3) is 2.77. The monoisotopic (exact) mass is 259 g/mol. The predicted octanol–water partition coefficient (Wildman–Crippen LogP) is 3.78. The largest absolute Gasteiger partial charge is 0.382 e. The van der Waals surface area contributed by atoms with E-state index in [1.54, 1.807) is 6.07 Å². The van der Waals surface area contributed by atoms with Gasteiger partial charge in [0.2, 0.25) is 0 Å². The second kappa shape index (κ2) is 4.76. The fraction of sp³-hybridized carbons (Fsp3) is 0.636. The SMILES string of the molecule is CCCC1(CNc2cc(Cl)nnc2Cl)CC1. The van der Waals surface area contributed by atoms with Gasteiger partial charge in [0, 0.05) is 12.6 Å². The number of anilines is 1. The first-order valence-corrected chi connectivity index (χ1v) is 6.33. The Balaban J connectivity index is 1.97. The van der Waals surface area contributed by atoms with Crippen LogP contribution in [0.5, 0.6) is 0 Å². The predicted molar refractivity (Wildman–Crippen MR) is 67.1 cm³/mol. The molecule has 2 rings (SSSR count). The summed E-state index contributed by atoms with van der Waals surface area (Å²) < 4.78 is 0. The van der Waals surface area contributed by atoms with Gasteiger partial charge >= 0.3 is 0 Å². The molecule has 88 valence electrons. The first-order chi connectivity index (χ1) is 7.65. The summed E-state index contributed by atoms with van der Waals surface area (Å²) in [6.45, 7) is 3.17. The van der Waals surface area contributed by atoms with Gasteiger partial charge < -0.3 is 5.32 Å². The Hall–Kier alpha value is -0.540. The van der Waals surface area contributed by atoms with Crippen molar-refractivity contribution in [1.29, 1.82) is 0 Å². The summed E-state index contributed by atoms with van der Waals surface area (Å²) >= 11 is 11.7. The van der Waals surface area contributed by atoms with Crippen LogP contribution in [0.25, 0.3) is 0 Å². The van der Waals surface area contributed by atoms with Crippen molar-refractivity contribution >= 4 is 28.9 Å². The van der Waals surface area contributed by atoms with Crippen LogP contribution in [0.1, 0.15) is 32.6 Å². The summed E-state index contributed by atoms with van der Waals surface area (Å²) in [4.78, 5) is 0. The molecule has 1 fully saturated rings. The minimum absolute atomic E-state index is 0.368. The van der Waals surface area contributed by atoms with E-state index in [9.17, 15) is 0 Å². The molecule has 0 saturated heterocycles. The van der Waals surface area contributed by atoms with E-state index in [0.29, 0.717) is 15.7 Å². The van der Waals surface area contributed by atoms with Gasteiger partial charge in [-0.1, -0.05) is 36.5 Å². The molecule has 0 radical (unpaired) electrons. The Labute approximate surface area is 106 Å². The van der Waals surface area contributed by atoms with Gasteiger partial charge in [0.25, 0.3) is 0 Å². The molecular formula is C11H15Cl2N3. The molecule has 0 spiro atoms. The highest BCUT2D eigenvalue weighted by molar-refractivity contribution is 6.33. The van der Waals surface area contributed by atoms with Crippen LogP contribution >= 0.6 is 23.2 Å². The summed E-state index contributed by atoms with van der Waals surface area (Å²) in [6.07, 6.45) is 5.10. The molecule has 0 unspecified atom stereocenters. The summed E-state index contributed by atoms with van der Waals surface area (Å²) in [5.74, 6) is 0. The summed E-state index contributed by atoms with van der Waals surface area (Å²) in [7, 11) is 0. The number of hydrogen-bond donors (Lipinski definition) is 1. The maximum Gasteiger partial charge on any atom is 0.174 e. The molecule has 1 aromatic rings. The topological polar surface area (TPSA) is 37.8 Å². The first-order valence-electron chi connectivity index (χ1n) is 5.58. The Morgan fingerprint density at radius 3 is 2.75 bits per heavy atom. The molecule has 0 aliphatic heterocycles. The quantitative estimate of drug-likeness (QED) is 0.875. The lowest BCUT2D eigenvalue weighted by Crippen LogP contribution is -2.15. The van der Waals surface area contributed by atoms with Gasteiger partial charge in [0.15, 0.2) is 10.3 Å². The Bertz CT molecular complexity index is 377. The average molecular weight is 260 g/mol. The third-order valence-electron chi connectivity index (χ3n) is 3.11. The molecule has 1 heterocycles. The highest BCUT2D eigenvalue weighted by Crippen LogP contribution is 2.49. The van der Waals surface area contributed by atoms with E-state index in [2.05, 4.69) is 22.4 Å². The molecule has 1 aliphatic carbocycles. The zero-order chi connectivity index (χ0) is 11.6. The van der Waals surface area contributed by atoms with Crippen molar-refractivity contribution in [2.75, 3.05) is 11.9 Å². The number of hydrogen-bond acceptors (Lipinski definition) is 3. The van der Waals surface area contributed by atoms with E-state index >= 15 is 0 Å². The first kappa shape index (κ1) is 11.9. The Kier molecular flexibility index (Phi) is 3.55. The van der Waals surface area contributed by atoms with E-state index in [4.69, 9.17) is 23.2 Å². The number of aromatic nitrogens is 2. The van der Waals surface area contributed by atoms with Gasteiger partial charge in [-0.05, 0) is 24.7 Å². The highest BCUT2D eigenvalue weighted by atomic mass is 35.5. The minimum Gasteiger partial charge on any atom is -0.382 e. The number of halogens is 2. The van der Waals surface area contributed by atoms with E-state index in [1.165, 1.54) is 25.7 Å². The summed E-state index contributed by atoms with van der Waals surface area (Å²) in [5.41, 5.74) is 1.26. The van der Waals surface area contributed by atoms with Crippen LogP contribution in [0.15, 0.2) is 6.07 Å². The Morgan fingerprint density at radius 2 is 2.12 bits per heavy atom. The number of rotatable bonds is 5. The van der Waals surface area contributed by atoms with E-state index in [-0.39, 0.29) is 0 Å². The molecular weight excluding hydrogens is 245 g/mol. The van der Waals surface area contributed by atoms with Crippen molar-refractivity contribution in [2.45, 2.75) is 32.6 Å². The number of nitrogens with one attached hydrogen (secondary N) is 1. The molecule has 0 bridgehead atoms. The van der Waals surface area contributed by atoms with E-state index < -0.39 is 0 Å². The van der Waals surface area contributed by atoms with Crippen molar-refractivity contribution in [3.63, 3.8) is 0 Å². The molecule has 5 heteroatoms. The van der Waals surface area contributed by atoms with Crippen LogP contribution in [0.3, 0.4) is 0 Å². The zero-order valence-electron chi connectivity index (χ0n) is 9.26. The molecule has 0 amide bonds. The zero-order valence-corrected chi connectivity index (χ0v) is 10.8. The van der Waals surface area contributed by atoms with Gasteiger partial charge in [-0.25, -0.2) is 0 Å². The van der Waals surface area contributed by atoms with Crippen LogP contribution in [-0.4, -0.2) is 16.7 Å². The van der Waals surface area contributed by atoms with E-state index in [1.807, 2.05) is 0 Å².